The lowest BCUT2D eigenvalue weighted by Gasteiger charge is -2.36. The first-order chi connectivity index (χ1) is 12.2. The van der Waals surface area contributed by atoms with E-state index in [1.165, 1.54) is 12.7 Å². The molecule has 2 atom stereocenters. The molecule has 0 spiro atoms. The molecule has 6 heteroatoms. The number of carbonyl (C=O) groups excluding carboxylic acids is 2. The van der Waals surface area contributed by atoms with Crippen molar-refractivity contribution in [2.75, 3.05) is 18.6 Å². The Labute approximate surface area is 145 Å². The summed E-state index contributed by atoms with van der Waals surface area (Å²) in [6.45, 7) is 0.754. The molecule has 1 aliphatic carbocycles. The molecule has 0 saturated heterocycles. The third kappa shape index (κ3) is 2.73. The highest BCUT2D eigenvalue weighted by Gasteiger charge is 2.35. The number of methoxy groups -OCH3 is 1. The molecule has 0 bridgehead atoms. The van der Waals surface area contributed by atoms with Crippen molar-refractivity contribution in [3.05, 3.63) is 53.6 Å². The van der Waals surface area contributed by atoms with Crippen LogP contribution >= 0.6 is 0 Å². The van der Waals surface area contributed by atoms with E-state index >= 15 is 0 Å². The minimum atomic E-state index is -0.397. The number of nitrogens with zero attached hydrogens (tertiary/aromatic N) is 2. The Bertz CT molecular complexity index is 825. The van der Waals surface area contributed by atoms with Crippen LogP contribution in [0.1, 0.15) is 12.0 Å². The molecule has 2 aliphatic heterocycles. The van der Waals surface area contributed by atoms with Crippen LogP contribution < -0.4 is 10.2 Å². The summed E-state index contributed by atoms with van der Waals surface area (Å²) in [5, 5.41) is 2.98. The quantitative estimate of drug-likeness (QED) is 0.786. The lowest BCUT2D eigenvalue weighted by atomic mass is 9.96. The van der Waals surface area contributed by atoms with Crippen LogP contribution in [-0.2, 0) is 20.7 Å². The summed E-state index contributed by atoms with van der Waals surface area (Å²) in [5.74, 6) is -0.173. The third-order valence-corrected chi connectivity index (χ3v) is 4.76. The molecule has 0 aromatic heterocycles. The van der Waals surface area contributed by atoms with E-state index in [0.717, 1.165) is 25.1 Å². The molecule has 3 aliphatic rings. The highest BCUT2D eigenvalue weighted by molar-refractivity contribution is 6.43. The minimum absolute atomic E-state index is 0.183. The highest BCUT2D eigenvalue weighted by atomic mass is 16.5. The van der Waals surface area contributed by atoms with Crippen molar-refractivity contribution in [2.24, 2.45) is 4.99 Å². The Kier molecular flexibility index (Phi) is 3.87. The Morgan fingerprint density at radius 2 is 2.20 bits per heavy atom. The average Bonchev–Trinajstić information content (AvgIpc) is 2.66. The second-order valence-electron chi connectivity index (χ2n) is 6.30. The van der Waals surface area contributed by atoms with Crippen LogP contribution in [0.4, 0.5) is 5.69 Å². The summed E-state index contributed by atoms with van der Waals surface area (Å²) in [4.78, 5) is 31.0. The largest absolute Gasteiger partial charge is 0.465 e. The van der Waals surface area contributed by atoms with Crippen LogP contribution in [0.25, 0.3) is 0 Å². The van der Waals surface area contributed by atoms with E-state index in [1.54, 1.807) is 18.2 Å². The summed E-state index contributed by atoms with van der Waals surface area (Å²) in [5.41, 5.74) is 2.72. The zero-order valence-electron chi connectivity index (χ0n) is 13.9. The SMILES string of the molecule is COC(=O)C1=CC2N=C(N3CCCc4ccccc43)C(=O)NC2C=C1. The zero-order chi connectivity index (χ0) is 17.4. The second kappa shape index (κ2) is 6.20. The van der Waals surface area contributed by atoms with E-state index in [9.17, 15) is 9.59 Å². The lowest BCUT2D eigenvalue weighted by molar-refractivity contribution is -0.135. The van der Waals surface area contributed by atoms with Gasteiger partial charge in [0.05, 0.1) is 24.8 Å². The number of ether oxygens (including phenoxy) is 1. The second-order valence-corrected chi connectivity index (χ2v) is 6.30. The van der Waals surface area contributed by atoms with Crippen molar-refractivity contribution >= 4 is 23.4 Å². The van der Waals surface area contributed by atoms with Gasteiger partial charge < -0.3 is 15.0 Å². The van der Waals surface area contributed by atoms with Gasteiger partial charge in [-0.1, -0.05) is 24.3 Å². The van der Waals surface area contributed by atoms with E-state index in [-0.39, 0.29) is 18.0 Å². The van der Waals surface area contributed by atoms with E-state index in [4.69, 9.17) is 4.74 Å². The van der Waals surface area contributed by atoms with Gasteiger partial charge in [-0.05, 0) is 36.6 Å². The number of benzene rings is 1. The molecule has 1 N–H and O–H groups in total. The standard InChI is InChI=1S/C19H19N3O3/c1-25-19(24)13-8-9-14-15(11-13)20-17(18(23)21-14)22-10-4-6-12-5-2-3-7-16(12)22/h2-3,5,7-9,11,14-15H,4,6,10H2,1H3,(H,21,23). The number of carbonyl (C=O) groups is 2. The average molecular weight is 337 g/mol. The van der Waals surface area contributed by atoms with Gasteiger partial charge in [-0.25, -0.2) is 4.79 Å². The molecule has 0 radical (unpaired) electrons. The molecule has 0 saturated carbocycles. The number of anilines is 1. The number of aliphatic imine (C=N–C) groups is 1. The Hall–Kier alpha value is -2.89. The van der Waals surface area contributed by atoms with Gasteiger partial charge in [-0.2, -0.15) is 0 Å². The molecule has 4 rings (SSSR count). The maximum atomic E-state index is 12.6. The zero-order valence-corrected chi connectivity index (χ0v) is 13.9. The molecule has 1 aromatic rings. The van der Waals surface area contributed by atoms with Gasteiger partial charge in [0.1, 0.15) is 0 Å². The molecule has 128 valence electrons. The number of hydrogen-bond acceptors (Lipinski definition) is 5. The van der Waals surface area contributed by atoms with Gasteiger partial charge in [0.2, 0.25) is 0 Å². The summed E-state index contributed by atoms with van der Waals surface area (Å²) >= 11 is 0. The predicted octanol–water partition coefficient (Wildman–Crippen LogP) is 1.37. The van der Waals surface area contributed by atoms with Gasteiger partial charge in [0.25, 0.3) is 5.91 Å². The molecular formula is C19H19N3O3. The third-order valence-electron chi connectivity index (χ3n) is 4.76. The molecule has 25 heavy (non-hydrogen) atoms. The van der Waals surface area contributed by atoms with E-state index in [0.29, 0.717) is 11.4 Å². The topological polar surface area (TPSA) is 71.0 Å². The molecule has 1 aromatic carbocycles. The first kappa shape index (κ1) is 15.6. The number of para-hydroxylation sites is 1. The Morgan fingerprint density at radius 1 is 1.36 bits per heavy atom. The summed E-state index contributed by atoms with van der Waals surface area (Å²) in [6.07, 6.45) is 7.19. The Morgan fingerprint density at radius 3 is 3.04 bits per heavy atom. The summed E-state index contributed by atoms with van der Waals surface area (Å²) in [6, 6.07) is 7.56. The van der Waals surface area contributed by atoms with Crippen LogP contribution in [0.15, 0.2) is 53.1 Å². The smallest absolute Gasteiger partial charge is 0.337 e. The number of aryl methyl sites for hydroxylation is 1. The number of rotatable bonds is 1. The number of amides is 1. The number of fused-ring (bicyclic) bond motifs is 2. The van der Waals surface area contributed by atoms with Crippen LogP contribution in [0.5, 0.6) is 0 Å². The highest BCUT2D eigenvalue weighted by Crippen LogP contribution is 2.29. The fraction of sp³-hybridized carbons (Fsp3) is 0.316. The first-order valence-corrected chi connectivity index (χ1v) is 8.40. The van der Waals surface area contributed by atoms with E-state index < -0.39 is 5.97 Å². The van der Waals surface area contributed by atoms with Crippen LogP contribution in [-0.4, -0.2) is 43.5 Å². The molecule has 2 heterocycles. The van der Waals surface area contributed by atoms with Crippen molar-refractivity contribution in [3.63, 3.8) is 0 Å². The molecular weight excluding hydrogens is 318 g/mol. The molecule has 6 nitrogen and oxygen atoms in total. The number of nitrogens with one attached hydrogen (secondary N) is 1. The lowest BCUT2D eigenvalue weighted by Crippen LogP contribution is -2.55. The van der Waals surface area contributed by atoms with Crippen LogP contribution in [0.2, 0.25) is 0 Å². The van der Waals surface area contributed by atoms with E-state index in [2.05, 4.69) is 16.4 Å². The van der Waals surface area contributed by atoms with Crippen molar-refractivity contribution in [2.45, 2.75) is 24.9 Å². The van der Waals surface area contributed by atoms with Gasteiger partial charge in [-0.3, -0.25) is 9.79 Å². The number of hydrogen-bond donors (Lipinski definition) is 1. The fourth-order valence-corrected chi connectivity index (χ4v) is 3.53. The van der Waals surface area contributed by atoms with Crippen molar-refractivity contribution < 1.29 is 14.3 Å². The van der Waals surface area contributed by atoms with Gasteiger partial charge in [-0.15, -0.1) is 0 Å². The summed E-state index contributed by atoms with van der Waals surface area (Å²) in [7, 11) is 1.35. The molecule has 2 unspecified atom stereocenters. The van der Waals surface area contributed by atoms with Crippen LogP contribution in [0.3, 0.4) is 0 Å². The maximum absolute atomic E-state index is 12.6. The molecule has 0 fully saturated rings. The Balaban J connectivity index is 1.70. The summed E-state index contributed by atoms with van der Waals surface area (Å²) < 4.78 is 4.78. The van der Waals surface area contributed by atoms with Gasteiger partial charge in [0.15, 0.2) is 5.84 Å². The first-order valence-electron chi connectivity index (χ1n) is 8.40. The monoisotopic (exact) mass is 337 g/mol. The van der Waals surface area contributed by atoms with E-state index in [1.807, 2.05) is 23.1 Å². The maximum Gasteiger partial charge on any atom is 0.337 e. The predicted molar refractivity (Wildman–Crippen MR) is 94.5 cm³/mol. The number of esters is 1. The minimum Gasteiger partial charge on any atom is -0.465 e. The van der Waals surface area contributed by atoms with Gasteiger partial charge >= 0.3 is 5.97 Å². The van der Waals surface area contributed by atoms with Crippen molar-refractivity contribution in [3.8, 4) is 0 Å². The van der Waals surface area contributed by atoms with Crippen molar-refractivity contribution in [1.29, 1.82) is 0 Å². The van der Waals surface area contributed by atoms with Crippen LogP contribution in [0, 0.1) is 0 Å². The fourth-order valence-electron chi connectivity index (χ4n) is 3.53. The van der Waals surface area contributed by atoms with Gasteiger partial charge in [0, 0.05) is 12.2 Å². The molecule has 1 amide bonds. The van der Waals surface area contributed by atoms with Crippen molar-refractivity contribution in [1.82, 2.24) is 5.32 Å². The normalized spacial score (nSPS) is 24.5. The number of amidine groups is 1.